The molecule has 1 saturated heterocycles. The molecule has 1 aromatic carbocycles. The number of terminal acetylenes is 1. The number of pyridine rings is 1. The molecule has 2 amide bonds. The fraction of sp³-hybridized carbons (Fsp3) is 0.304. The van der Waals surface area contributed by atoms with Gasteiger partial charge in [0.1, 0.15) is 24.1 Å². The van der Waals surface area contributed by atoms with Crippen molar-refractivity contribution in [2.45, 2.75) is 13.0 Å². The number of nitrogens with one attached hydrogen (secondary N) is 1. The quantitative estimate of drug-likeness (QED) is 0.678. The van der Waals surface area contributed by atoms with Gasteiger partial charge < -0.3 is 15.0 Å². The second-order valence-electron chi connectivity index (χ2n) is 7.64. The Morgan fingerprint density at radius 3 is 2.82 bits per heavy atom. The fourth-order valence-electron chi connectivity index (χ4n) is 3.59. The second-order valence-corrected chi connectivity index (χ2v) is 7.64. The summed E-state index contributed by atoms with van der Waals surface area (Å²) < 4.78 is 20.2. The largest absolute Gasteiger partial charge is 0.442 e. The molecule has 4 rings (SSSR count). The highest BCUT2D eigenvalue weighted by Crippen LogP contribution is 2.29. The van der Waals surface area contributed by atoms with Crippen LogP contribution in [0.25, 0.3) is 11.1 Å². The number of benzene rings is 1. The molecule has 0 radical (unpaired) electrons. The Morgan fingerprint density at radius 2 is 2.18 bits per heavy atom. The predicted molar refractivity (Wildman–Crippen MR) is 122 cm³/mol. The number of halogens is 1. The minimum Gasteiger partial charge on any atom is -0.442 e. The molecule has 170 valence electrons. The van der Waals surface area contributed by atoms with Gasteiger partial charge in [0.25, 0.3) is 0 Å². The fourth-order valence-corrected chi connectivity index (χ4v) is 3.59. The van der Waals surface area contributed by atoms with E-state index in [0.717, 1.165) is 0 Å². The molecule has 0 spiro atoms. The van der Waals surface area contributed by atoms with Gasteiger partial charge in [-0.3, -0.25) is 14.7 Å². The van der Waals surface area contributed by atoms with Crippen LogP contribution in [0.3, 0.4) is 0 Å². The van der Waals surface area contributed by atoms with E-state index in [1.165, 1.54) is 17.9 Å². The molecule has 0 unspecified atom stereocenters. The molecule has 10 heteroatoms. The van der Waals surface area contributed by atoms with Gasteiger partial charge in [0.15, 0.2) is 0 Å². The lowest BCUT2D eigenvalue weighted by molar-refractivity contribution is -0.119. The van der Waals surface area contributed by atoms with E-state index in [2.05, 4.69) is 21.3 Å². The molecule has 1 N–H and O–H groups in total. The summed E-state index contributed by atoms with van der Waals surface area (Å²) in [5, 5.41) is 8.68. The molecule has 9 nitrogen and oxygen atoms in total. The van der Waals surface area contributed by atoms with E-state index in [0.29, 0.717) is 42.3 Å². The first-order chi connectivity index (χ1) is 15.9. The van der Waals surface area contributed by atoms with E-state index >= 15 is 0 Å². The third-order valence-electron chi connectivity index (χ3n) is 5.30. The van der Waals surface area contributed by atoms with Crippen molar-refractivity contribution in [3.8, 4) is 23.5 Å². The lowest BCUT2D eigenvalue weighted by Crippen LogP contribution is -2.38. The number of amides is 2. The molecule has 3 heterocycles. The number of anilines is 2. The van der Waals surface area contributed by atoms with E-state index in [-0.39, 0.29) is 19.0 Å². The van der Waals surface area contributed by atoms with Gasteiger partial charge in [-0.05, 0) is 30.3 Å². The van der Waals surface area contributed by atoms with Gasteiger partial charge in [0.05, 0.1) is 31.9 Å². The van der Waals surface area contributed by atoms with Crippen molar-refractivity contribution in [1.29, 1.82) is 0 Å². The van der Waals surface area contributed by atoms with Crippen molar-refractivity contribution in [2.24, 2.45) is 5.10 Å². The highest BCUT2D eigenvalue weighted by Gasteiger charge is 2.32. The molecule has 0 aliphatic carbocycles. The lowest BCUT2D eigenvalue weighted by atomic mass is 10.1. The highest BCUT2D eigenvalue weighted by molar-refractivity contribution is 5.90. The second kappa shape index (κ2) is 9.56. The SMILES string of the molecule is C#CCN1CCN(c2ccc(-c3ccc(N4C[C@H](CNC(C)=O)OC4=O)cc3F)cn2)C=N1. The first kappa shape index (κ1) is 22.1. The first-order valence-corrected chi connectivity index (χ1v) is 10.4. The van der Waals surface area contributed by atoms with E-state index in [1.54, 1.807) is 41.8 Å². The van der Waals surface area contributed by atoms with Gasteiger partial charge in [0.2, 0.25) is 5.91 Å². The Balaban J connectivity index is 1.44. The number of carbonyl (C=O) groups excluding carboxylic acids is 2. The van der Waals surface area contributed by atoms with E-state index in [4.69, 9.17) is 11.2 Å². The summed E-state index contributed by atoms with van der Waals surface area (Å²) in [4.78, 5) is 30.9. The topological polar surface area (TPSA) is 90.4 Å². The number of nitrogens with zero attached hydrogens (tertiary/aromatic N) is 5. The van der Waals surface area contributed by atoms with Crippen molar-refractivity contribution in [1.82, 2.24) is 15.3 Å². The van der Waals surface area contributed by atoms with Crippen LogP contribution in [-0.2, 0) is 9.53 Å². The maximum absolute atomic E-state index is 14.9. The maximum Gasteiger partial charge on any atom is 0.414 e. The Morgan fingerprint density at radius 1 is 1.33 bits per heavy atom. The molecule has 0 bridgehead atoms. The van der Waals surface area contributed by atoms with Crippen LogP contribution in [0.1, 0.15) is 6.92 Å². The summed E-state index contributed by atoms with van der Waals surface area (Å²) in [6.45, 7) is 3.65. The third-order valence-corrected chi connectivity index (χ3v) is 5.30. The van der Waals surface area contributed by atoms with Gasteiger partial charge in [-0.25, -0.2) is 14.2 Å². The average molecular weight is 450 g/mol. The molecule has 0 saturated carbocycles. The van der Waals surface area contributed by atoms with Crippen molar-refractivity contribution in [2.75, 3.05) is 42.5 Å². The van der Waals surface area contributed by atoms with Crippen LogP contribution >= 0.6 is 0 Å². The van der Waals surface area contributed by atoms with Crippen LogP contribution < -0.4 is 15.1 Å². The number of hydrogen-bond donors (Lipinski definition) is 1. The zero-order valence-corrected chi connectivity index (χ0v) is 18.1. The minimum atomic E-state index is -0.576. The molecule has 1 atom stereocenters. The Hall–Kier alpha value is -4.13. The monoisotopic (exact) mass is 450 g/mol. The van der Waals surface area contributed by atoms with Gasteiger partial charge in [-0.2, -0.15) is 5.10 Å². The highest BCUT2D eigenvalue weighted by atomic mass is 19.1. The van der Waals surface area contributed by atoms with Gasteiger partial charge >= 0.3 is 6.09 Å². The van der Waals surface area contributed by atoms with Crippen LogP contribution in [-0.4, -0.2) is 67.2 Å². The number of hydrazone groups is 1. The minimum absolute atomic E-state index is 0.208. The van der Waals surface area contributed by atoms with Gasteiger partial charge in [0, 0.05) is 30.8 Å². The molecule has 1 fully saturated rings. The summed E-state index contributed by atoms with van der Waals surface area (Å²) >= 11 is 0. The molecular formula is C23H23FN6O3. The number of hydrogen-bond acceptors (Lipinski definition) is 7. The lowest BCUT2D eigenvalue weighted by Gasteiger charge is -2.28. The number of ether oxygens (including phenoxy) is 1. The average Bonchev–Trinajstić information content (AvgIpc) is 3.19. The van der Waals surface area contributed by atoms with E-state index < -0.39 is 18.0 Å². The summed E-state index contributed by atoms with van der Waals surface area (Å²) in [6, 6.07) is 8.15. The number of aromatic nitrogens is 1. The molecule has 1 aromatic heterocycles. The van der Waals surface area contributed by atoms with Gasteiger partial charge in [-0.1, -0.05) is 5.92 Å². The zero-order chi connectivity index (χ0) is 23.4. The summed E-state index contributed by atoms with van der Waals surface area (Å²) in [6.07, 6.45) is 7.52. The standard InChI is InChI=1S/C23H23FN6O3/c1-3-8-29-10-9-28(15-27-29)22-7-4-17(12-26-22)20-6-5-18(11-21(20)24)30-14-19(33-23(30)32)13-25-16(2)31/h1,4-7,11-12,15,19H,8-10,13-14H2,2H3,(H,25,31)/t19-/m0/s1. The van der Waals surface area contributed by atoms with Crippen molar-refractivity contribution < 1.29 is 18.7 Å². The van der Waals surface area contributed by atoms with Crippen molar-refractivity contribution >= 4 is 29.8 Å². The maximum atomic E-state index is 14.9. The third kappa shape index (κ3) is 5.03. The smallest absolute Gasteiger partial charge is 0.414 e. The number of cyclic esters (lactones) is 1. The number of rotatable bonds is 6. The Kier molecular flexibility index (Phi) is 6.40. The number of carbonyl (C=O) groups is 2. The van der Waals surface area contributed by atoms with Crippen LogP contribution in [0, 0.1) is 18.2 Å². The first-order valence-electron chi connectivity index (χ1n) is 10.4. The van der Waals surface area contributed by atoms with Gasteiger partial charge in [-0.15, -0.1) is 6.42 Å². The van der Waals surface area contributed by atoms with Crippen molar-refractivity contribution in [3.05, 3.63) is 42.3 Å². The Bertz CT molecular complexity index is 1110. The van der Waals surface area contributed by atoms with Crippen LogP contribution in [0.2, 0.25) is 0 Å². The normalized spacial score (nSPS) is 17.7. The van der Waals surface area contributed by atoms with Crippen LogP contribution in [0.15, 0.2) is 41.6 Å². The summed E-state index contributed by atoms with van der Waals surface area (Å²) in [7, 11) is 0. The molecule has 2 aromatic rings. The van der Waals surface area contributed by atoms with E-state index in [1.807, 2.05) is 4.90 Å². The van der Waals surface area contributed by atoms with Crippen molar-refractivity contribution in [3.63, 3.8) is 0 Å². The zero-order valence-electron chi connectivity index (χ0n) is 18.1. The Labute approximate surface area is 190 Å². The summed E-state index contributed by atoms with van der Waals surface area (Å²) in [5.74, 6) is 2.56. The molecular weight excluding hydrogens is 427 g/mol. The predicted octanol–water partition coefficient (Wildman–Crippen LogP) is 2.05. The molecule has 2 aliphatic rings. The van der Waals surface area contributed by atoms with Crippen LogP contribution in [0.4, 0.5) is 20.7 Å². The van der Waals surface area contributed by atoms with E-state index in [9.17, 15) is 14.0 Å². The summed E-state index contributed by atoms with van der Waals surface area (Å²) in [5.41, 5.74) is 1.36. The molecule has 33 heavy (non-hydrogen) atoms. The molecule has 2 aliphatic heterocycles. The van der Waals surface area contributed by atoms with Crippen LogP contribution in [0.5, 0.6) is 0 Å².